The molecule has 1 aromatic heterocycles. The second-order valence-corrected chi connectivity index (χ2v) is 9.87. The molecule has 0 amide bonds. The molecular weight excluding hydrogens is 349 g/mol. The van der Waals surface area contributed by atoms with Gasteiger partial charge in [0, 0.05) is 26.2 Å². The lowest BCUT2D eigenvalue weighted by Gasteiger charge is -2.37. The van der Waals surface area contributed by atoms with Gasteiger partial charge in [0.25, 0.3) is 0 Å². The van der Waals surface area contributed by atoms with Gasteiger partial charge in [-0.3, -0.25) is 0 Å². The number of likely N-dealkylation sites (N-methyl/N-ethyl adjacent to an activating group) is 1. The summed E-state index contributed by atoms with van der Waals surface area (Å²) < 4.78 is 41.2. The standard InChI is InChI=1S/C16H20FN3O2S2/c1-19(24(21,22)12-7-8-12)11-4-3-9-20(10-11)16-18-15-13(17)5-2-6-14(15)23-16/h2,5-6,11-12H,3-4,7-10H2,1H3. The maximum atomic E-state index is 13.9. The van der Waals surface area contributed by atoms with Crippen molar-refractivity contribution in [2.75, 3.05) is 25.0 Å². The molecule has 0 spiro atoms. The normalized spacial score (nSPS) is 22.5. The van der Waals surface area contributed by atoms with Crippen molar-refractivity contribution in [3.05, 3.63) is 24.0 Å². The van der Waals surface area contributed by atoms with Crippen molar-refractivity contribution in [2.45, 2.75) is 37.0 Å². The van der Waals surface area contributed by atoms with E-state index in [0.29, 0.717) is 12.1 Å². The van der Waals surface area contributed by atoms with Crippen LogP contribution < -0.4 is 4.90 Å². The number of para-hydroxylation sites is 1. The topological polar surface area (TPSA) is 53.5 Å². The minimum Gasteiger partial charge on any atom is -0.346 e. The highest BCUT2D eigenvalue weighted by atomic mass is 32.2. The van der Waals surface area contributed by atoms with E-state index in [4.69, 9.17) is 0 Å². The minimum absolute atomic E-state index is 0.0405. The fourth-order valence-corrected chi connectivity index (χ4v) is 6.08. The summed E-state index contributed by atoms with van der Waals surface area (Å²) in [6, 6.07) is 4.93. The number of hydrogen-bond donors (Lipinski definition) is 0. The van der Waals surface area contributed by atoms with Gasteiger partial charge in [-0.2, -0.15) is 4.31 Å². The SMILES string of the molecule is CN(C1CCCN(c2nc3c(F)cccc3s2)C1)S(=O)(=O)C1CC1. The van der Waals surface area contributed by atoms with Crippen LogP contribution in [0.15, 0.2) is 18.2 Å². The summed E-state index contributed by atoms with van der Waals surface area (Å²) in [7, 11) is -1.48. The third-order valence-electron chi connectivity index (χ3n) is 4.89. The number of fused-ring (bicyclic) bond motifs is 1. The first-order valence-corrected chi connectivity index (χ1v) is 10.6. The minimum atomic E-state index is -3.17. The van der Waals surface area contributed by atoms with E-state index in [1.54, 1.807) is 17.4 Å². The summed E-state index contributed by atoms with van der Waals surface area (Å²) in [6.07, 6.45) is 3.33. The number of aromatic nitrogens is 1. The largest absolute Gasteiger partial charge is 0.346 e. The predicted molar refractivity (Wildman–Crippen MR) is 94.5 cm³/mol. The maximum Gasteiger partial charge on any atom is 0.217 e. The van der Waals surface area contributed by atoms with Crippen LogP contribution in [0, 0.1) is 5.82 Å². The monoisotopic (exact) mass is 369 g/mol. The summed E-state index contributed by atoms with van der Waals surface area (Å²) in [5, 5.41) is 0.589. The van der Waals surface area contributed by atoms with Crippen molar-refractivity contribution in [3.63, 3.8) is 0 Å². The van der Waals surface area contributed by atoms with Crippen LogP contribution in [0.1, 0.15) is 25.7 Å². The molecule has 1 aliphatic heterocycles. The molecule has 130 valence electrons. The number of sulfonamides is 1. The van der Waals surface area contributed by atoms with Crippen LogP contribution in [0.4, 0.5) is 9.52 Å². The number of benzene rings is 1. The van der Waals surface area contributed by atoms with E-state index in [2.05, 4.69) is 9.88 Å². The molecule has 1 saturated heterocycles. The molecule has 1 unspecified atom stereocenters. The van der Waals surface area contributed by atoms with Gasteiger partial charge < -0.3 is 4.90 Å². The zero-order valence-corrected chi connectivity index (χ0v) is 15.1. The summed E-state index contributed by atoms with van der Waals surface area (Å²) in [6.45, 7) is 1.44. The van der Waals surface area contributed by atoms with Gasteiger partial charge in [-0.1, -0.05) is 17.4 Å². The van der Waals surface area contributed by atoms with E-state index in [1.807, 2.05) is 6.07 Å². The number of hydrogen-bond acceptors (Lipinski definition) is 5. The predicted octanol–water partition coefficient (Wildman–Crippen LogP) is 2.83. The Labute approximate surface area is 145 Å². The molecule has 8 heteroatoms. The molecule has 1 aliphatic carbocycles. The van der Waals surface area contributed by atoms with E-state index < -0.39 is 10.0 Å². The fraction of sp³-hybridized carbons (Fsp3) is 0.562. The van der Waals surface area contributed by atoms with Crippen molar-refractivity contribution < 1.29 is 12.8 Å². The first-order valence-electron chi connectivity index (χ1n) is 8.23. The summed E-state index contributed by atoms with van der Waals surface area (Å²) in [5.74, 6) is -0.308. The van der Waals surface area contributed by atoms with Gasteiger partial charge in [0.15, 0.2) is 5.13 Å². The molecule has 2 fully saturated rings. The van der Waals surface area contributed by atoms with Crippen LogP contribution in [0.3, 0.4) is 0 Å². The summed E-state index contributed by atoms with van der Waals surface area (Å²) in [4.78, 5) is 6.54. The number of rotatable bonds is 4. The van der Waals surface area contributed by atoms with Crippen LogP contribution in [0.5, 0.6) is 0 Å². The molecule has 1 atom stereocenters. The van der Waals surface area contributed by atoms with Crippen molar-refractivity contribution in [3.8, 4) is 0 Å². The molecule has 2 aliphatic rings. The Bertz CT molecular complexity index is 863. The Balaban J connectivity index is 1.56. The van der Waals surface area contributed by atoms with E-state index in [1.165, 1.54) is 17.4 Å². The lowest BCUT2D eigenvalue weighted by molar-refractivity contribution is 0.320. The Morgan fingerprint density at radius 2 is 2.12 bits per heavy atom. The van der Waals surface area contributed by atoms with Crippen LogP contribution >= 0.6 is 11.3 Å². The number of piperidine rings is 1. The molecule has 2 heterocycles. The first kappa shape index (κ1) is 16.2. The molecule has 5 nitrogen and oxygen atoms in total. The molecule has 0 N–H and O–H groups in total. The van der Waals surface area contributed by atoms with Gasteiger partial charge in [0.1, 0.15) is 11.3 Å². The zero-order valence-electron chi connectivity index (χ0n) is 13.5. The number of nitrogens with zero attached hydrogens (tertiary/aromatic N) is 3. The molecule has 0 bridgehead atoms. The van der Waals surface area contributed by atoms with E-state index in [-0.39, 0.29) is 17.1 Å². The number of halogens is 1. The molecule has 2 aromatic rings. The fourth-order valence-electron chi connectivity index (χ4n) is 3.27. The third kappa shape index (κ3) is 2.80. The maximum absolute atomic E-state index is 13.9. The van der Waals surface area contributed by atoms with Crippen molar-refractivity contribution in [1.29, 1.82) is 0 Å². The second-order valence-electron chi connectivity index (χ2n) is 6.59. The zero-order chi connectivity index (χ0) is 16.9. The summed E-state index contributed by atoms with van der Waals surface area (Å²) >= 11 is 1.46. The van der Waals surface area contributed by atoms with E-state index in [0.717, 1.165) is 42.1 Å². The Hall–Kier alpha value is -1.25. The van der Waals surface area contributed by atoms with Crippen LogP contribution in [-0.4, -0.2) is 49.1 Å². The van der Waals surface area contributed by atoms with Gasteiger partial charge in [-0.25, -0.2) is 17.8 Å². The smallest absolute Gasteiger partial charge is 0.217 e. The van der Waals surface area contributed by atoms with Gasteiger partial charge >= 0.3 is 0 Å². The lowest BCUT2D eigenvalue weighted by atomic mass is 10.1. The average molecular weight is 369 g/mol. The Kier molecular flexibility index (Phi) is 4.01. The first-order chi connectivity index (χ1) is 11.5. The van der Waals surface area contributed by atoms with Crippen molar-refractivity contribution >= 4 is 36.7 Å². The van der Waals surface area contributed by atoms with Gasteiger partial charge in [0.2, 0.25) is 10.0 Å². The van der Waals surface area contributed by atoms with Gasteiger partial charge in [-0.15, -0.1) is 0 Å². The quantitative estimate of drug-likeness (QED) is 0.832. The summed E-state index contributed by atoms with van der Waals surface area (Å²) in [5.41, 5.74) is 0.401. The molecule has 4 rings (SSSR count). The average Bonchev–Trinajstić information content (AvgIpc) is 3.35. The number of anilines is 1. The highest BCUT2D eigenvalue weighted by Gasteiger charge is 2.41. The number of thiazole rings is 1. The molecular formula is C16H20FN3O2S2. The molecule has 1 aromatic carbocycles. The van der Waals surface area contributed by atoms with Gasteiger partial charge in [-0.05, 0) is 37.8 Å². The highest BCUT2D eigenvalue weighted by Crippen LogP contribution is 2.35. The lowest BCUT2D eigenvalue weighted by Crippen LogP contribution is -2.49. The molecule has 0 radical (unpaired) electrons. The Morgan fingerprint density at radius 1 is 1.33 bits per heavy atom. The van der Waals surface area contributed by atoms with Crippen molar-refractivity contribution in [1.82, 2.24) is 9.29 Å². The van der Waals surface area contributed by atoms with E-state index >= 15 is 0 Å². The van der Waals surface area contributed by atoms with Crippen LogP contribution in [-0.2, 0) is 10.0 Å². The third-order valence-corrected chi connectivity index (χ3v) is 8.38. The van der Waals surface area contributed by atoms with Gasteiger partial charge in [0.05, 0.1) is 9.95 Å². The molecule has 24 heavy (non-hydrogen) atoms. The highest BCUT2D eigenvalue weighted by molar-refractivity contribution is 7.90. The van der Waals surface area contributed by atoms with E-state index in [9.17, 15) is 12.8 Å². The van der Waals surface area contributed by atoms with Crippen LogP contribution in [0.2, 0.25) is 0 Å². The molecule has 1 saturated carbocycles. The Morgan fingerprint density at radius 3 is 2.83 bits per heavy atom. The van der Waals surface area contributed by atoms with Crippen LogP contribution in [0.25, 0.3) is 10.2 Å². The van der Waals surface area contributed by atoms with Crippen molar-refractivity contribution in [2.24, 2.45) is 0 Å². The second kappa shape index (κ2) is 5.93.